The topological polar surface area (TPSA) is 76.7 Å². The lowest BCUT2D eigenvalue weighted by Crippen LogP contribution is -2.29. The van der Waals surface area contributed by atoms with Gasteiger partial charge in [0.15, 0.2) is 11.5 Å². The number of unbranched alkanes of at least 4 members (excludes halogenated alkanes) is 1. The predicted octanol–water partition coefficient (Wildman–Crippen LogP) is 2.06. The van der Waals surface area contributed by atoms with Crippen molar-refractivity contribution >= 4 is 11.8 Å². The Kier molecular flexibility index (Phi) is 9.34. The Hall–Kier alpha value is -2.24. The average Bonchev–Trinajstić information content (AvgIpc) is 2.60. The van der Waals surface area contributed by atoms with Crippen molar-refractivity contribution in [1.29, 1.82) is 0 Å². The Morgan fingerprint density at radius 1 is 0.958 bits per heavy atom. The lowest BCUT2D eigenvalue weighted by atomic mass is 10.1. The second-order valence-electron chi connectivity index (χ2n) is 5.49. The van der Waals surface area contributed by atoms with E-state index in [2.05, 4.69) is 17.6 Å². The Morgan fingerprint density at radius 3 is 2.17 bits per heavy atom. The van der Waals surface area contributed by atoms with E-state index in [1.54, 1.807) is 14.2 Å². The van der Waals surface area contributed by atoms with E-state index < -0.39 is 0 Å². The van der Waals surface area contributed by atoms with Crippen LogP contribution in [0.2, 0.25) is 0 Å². The number of benzene rings is 1. The molecule has 0 saturated heterocycles. The summed E-state index contributed by atoms with van der Waals surface area (Å²) in [5, 5.41) is 5.63. The van der Waals surface area contributed by atoms with Crippen LogP contribution in [-0.4, -0.2) is 39.1 Å². The van der Waals surface area contributed by atoms with E-state index in [-0.39, 0.29) is 24.7 Å². The summed E-state index contributed by atoms with van der Waals surface area (Å²) in [7, 11) is 3.19. The minimum atomic E-state index is -0.110. The van der Waals surface area contributed by atoms with Crippen LogP contribution in [0.1, 0.15) is 38.2 Å². The van der Waals surface area contributed by atoms with Crippen LogP contribution in [0.25, 0.3) is 0 Å². The highest BCUT2D eigenvalue weighted by Crippen LogP contribution is 2.27. The molecule has 0 bridgehead atoms. The molecule has 0 fully saturated rings. The van der Waals surface area contributed by atoms with Crippen LogP contribution in [0.15, 0.2) is 18.2 Å². The van der Waals surface area contributed by atoms with Gasteiger partial charge in [0.2, 0.25) is 11.8 Å². The summed E-state index contributed by atoms with van der Waals surface area (Å²) in [5.41, 5.74) is 1.05. The van der Waals surface area contributed by atoms with Crippen molar-refractivity contribution in [2.75, 3.05) is 27.3 Å². The maximum Gasteiger partial charge on any atom is 0.220 e. The molecule has 2 N–H and O–H groups in total. The van der Waals surface area contributed by atoms with Gasteiger partial charge in [0.25, 0.3) is 0 Å². The molecule has 0 aromatic heterocycles. The van der Waals surface area contributed by atoms with Gasteiger partial charge in [-0.05, 0) is 30.5 Å². The number of carbonyl (C=O) groups excluding carboxylic acids is 2. The van der Waals surface area contributed by atoms with E-state index in [0.717, 1.165) is 18.4 Å². The van der Waals surface area contributed by atoms with Gasteiger partial charge in [0.05, 0.1) is 14.2 Å². The Balaban J connectivity index is 2.27. The normalized spacial score (nSPS) is 10.1. The third-order valence-corrected chi connectivity index (χ3v) is 3.62. The summed E-state index contributed by atoms with van der Waals surface area (Å²) in [6.07, 6.45) is 3.13. The smallest absolute Gasteiger partial charge is 0.220 e. The molecule has 0 radical (unpaired) electrons. The number of ether oxygens (including phenoxy) is 2. The molecular formula is C18H28N2O4. The third-order valence-electron chi connectivity index (χ3n) is 3.62. The van der Waals surface area contributed by atoms with Crippen LogP contribution in [0.5, 0.6) is 11.5 Å². The highest BCUT2D eigenvalue weighted by molar-refractivity contribution is 5.83. The molecule has 1 aromatic rings. The first kappa shape index (κ1) is 19.8. The number of hydrogen-bond acceptors (Lipinski definition) is 4. The van der Waals surface area contributed by atoms with Gasteiger partial charge in [-0.25, -0.2) is 0 Å². The van der Waals surface area contributed by atoms with E-state index in [1.807, 2.05) is 18.2 Å². The molecule has 0 spiro atoms. The molecule has 2 amide bonds. The molecule has 0 heterocycles. The second-order valence-corrected chi connectivity index (χ2v) is 5.49. The maximum atomic E-state index is 11.8. The van der Waals surface area contributed by atoms with E-state index in [1.165, 1.54) is 0 Å². The zero-order chi connectivity index (χ0) is 17.8. The quantitative estimate of drug-likeness (QED) is 0.607. The molecule has 0 atom stereocenters. The predicted molar refractivity (Wildman–Crippen MR) is 93.4 cm³/mol. The molecule has 1 rings (SSSR count). The van der Waals surface area contributed by atoms with Gasteiger partial charge in [0, 0.05) is 25.9 Å². The summed E-state index contributed by atoms with van der Waals surface area (Å²) in [6, 6.07) is 5.68. The van der Waals surface area contributed by atoms with Crippen molar-refractivity contribution in [1.82, 2.24) is 10.6 Å². The molecule has 0 aliphatic rings. The Morgan fingerprint density at radius 2 is 1.58 bits per heavy atom. The highest BCUT2D eigenvalue weighted by atomic mass is 16.5. The first-order valence-electron chi connectivity index (χ1n) is 8.35. The molecule has 0 aliphatic carbocycles. The van der Waals surface area contributed by atoms with E-state index in [0.29, 0.717) is 31.0 Å². The first-order valence-corrected chi connectivity index (χ1v) is 8.35. The fourth-order valence-electron chi connectivity index (χ4n) is 2.19. The van der Waals surface area contributed by atoms with Gasteiger partial charge in [-0.15, -0.1) is 0 Å². The lowest BCUT2D eigenvalue weighted by Gasteiger charge is -2.10. The fourth-order valence-corrected chi connectivity index (χ4v) is 2.19. The average molecular weight is 336 g/mol. The van der Waals surface area contributed by atoms with E-state index in [4.69, 9.17) is 9.47 Å². The van der Waals surface area contributed by atoms with Crippen molar-refractivity contribution in [3.8, 4) is 11.5 Å². The Labute approximate surface area is 143 Å². The van der Waals surface area contributed by atoms with E-state index >= 15 is 0 Å². The van der Waals surface area contributed by atoms with Gasteiger partial charge in [-0.3, -0.25) is 9.59 Å². The summed E-state index contributed by atoms with van der Waals surface area (Å²) >= 11 is 0. The van der Waals surface area contributed by atoms with Crippen molar-refractivity contribution in [2.45, 2.75) is 39.0 Å². The number of carbonyl (C=O) groups is 2. The van der Waals surface area contributed by atoms with Crippen LogP contribution >= 0.6 is 0 Å². The molecule has 0 saturated carbocycles. The van der Waals surface area contributed by atoms with E-state index in [9.17, 15) is 9.59 Å². The fraction of sp³-hybridized carbons (Fsp3) is 0.556. The molecule has 134 valence electrons. The highest BCUT2D eigenvalue weighted by Gasteiger charge is 2.07. The van der Waals surface area contributed by atoms with Crippen LogP contribution in [0, 0.1) is 0 Å². The standard InChI is InChI=1S/C18H28N2O4/c1-4-5-11-19-17(21)8-9-18(22)20-12-10-14-6-7-15(23-2)16(13-14)24-3/h6-7,13H,4-5,8-12H2,1-3H3,(H,19,21)(H,20,22). The maximum absolute atomic E-state index is 11.8. The van der Waals surface area contributed by atoms with Gasteiger partial charge < -0.3 is 20.1 Å². The Bertz CT molecular complexity index is 532. The summed E-state index contributed by atoms with van der Waals surface area (Å²) < 4.78 is 10.4. The molecule has 6 nitrogen and oxygen atoms in total. The lowest BCUT2D eigenvalue weighted by molar-refractivity contribution is -0.126. The zero-order valence-corrected chi connectivity index (χ0v) is 14.8. The minimum absolute atomic E-state index is 0.0708. The number of rotatable bonds is 11. The van der Waals surface area contributed by atoms with Crippen LogP contribution in [0.3, 0.4) is 0 Å². The van der Waals surface area contributed by atoms with Crippen molar-refractivity contribution < 1.29 is 19.1 Å². The van der Waals surface area contributed by atoms with Crippen molar-refractivity contribution in [3.63, 3.8) is 0 Å². The molecule has 24 heavy (non-hydrogen) atoms. The monoisotopic (exact) mass is 336 g/mol. The summed E-state index contributed by atoms with van der Waals surface area (Å²) in [6.45, 7) is 3.26. The summed E-state index contributed by atoms with van der Waals surface area (Å²) in [4.78, 5) is 23.3. The SMILES string of the molecule is CCCCNC(=O)CCC(=O)NCCc1ccc(OC)c(OC)c1. The van der Waals surface area contributed by atoms with Crippen LogP contribution in [0.4, 0.5) is 0 Å². The van der Waals surface area contributed by atoms with Gasteiger partial charge >= 0.3 is 0 Å². The second kappa shape index (κ2) is 11.3. The minimum Gasteiger partial charge on any atom is -0.493 e. The number of methoxy groups -OCH3 is 2. The molecule has 0 unspecified atom stereocenters. The molecule has 0 aliphatic heterocycles. The number of amides is 2. The number of nitrogens with one attached hydrogen (secondary N) is 2. The van der Waals surface area contributed by atoms with Crippen molar-refractivity contribution in [3.05, 3.63) is 23.8 Å². The van der Waals surface area contributed by atoms with Gasteiger partial charge in [-0.2, -0.15) is 0 Å². The van der Waals surface area contributed by atoms with Crippen LogP contribution in [-0.2, 0) is 16.0 Å². The molecule has 1 aromatic carbocycles. The van der Waals surface area contributed by atoms with Crippen LogP contribution < -0.4 is 20.1 Å². The third kappa shape index (κ3) is 7.35. The van der Waals surface area contributed by atoms with Crippen molar-refractivity contribution in [2.24, 2.45) is 0 Å². The number of hydrogen-bond donors (Lipinski definition) is 2. The first-order chi connectivity index (χ1) is 11.6. The largest absolute Gasteiger partial charge is 0.493 e. The molecule has 6 heteroatoms. The summed E-state index contributed by atoms with van der Waals surface area (Å²) in [5.74, 6) is 1.17. The molecular weight excluding hydrogens is 308 g/mol. The van der Waals surface area contributed by atoms with Gasteiger partial charge in [-0.1, -0.05) is 19.4 Å². The zero-order valence-electron chi connectivity index (χ0n) is 14.8. The van der Waals surface area contributed by atoms with Gasteiger partial charge in [0.1, 0.15) is 0 Å².